The van der Waals surface area contributed by atoms with Crippen molar-refractivity contribution in [1.29, 1.82) is 0 Å². The van der Waals surface area contributed by atoms with Crippen molar-refractivity contribution in [2.75, 3.05) is 27.2 Å². The maximum absolute atomic E-state index is 13.2. The van der Waals surface area contributed by atoms with Gasteiger partial charge in [-0.05, 0) is 67.6 Å². The van der Waals surface area contributed by atoms with Crippen LogP contribution in [0.3, 0.4) is 0 Å². The molecule has 166 valence electrons. The Morgan fingerprint density at radius 2 is 1.62 bits per heavy atom. The highest BCUT2D eigenvalue weighted by Gasteiger charge is 2.27. The number of rotatable bonds is 5. The summed E-state index contributed by atoms with van der Waals surface area (Å²) in [5, 5.41) is 0. The third-order valence-electron chi connectivity index (χ3n) is 6.08. The summed E-state index contributed by atoms with van der Waals surface area (Å²) >= 11 is 0. The molecule has 1 fully saturated rings. The number of halogens is 1. The van der Waals surface area contributed by atoms with Crippen LogP contribution in [0.15, 0.2) is 60.7 Å². The number of aryl methyl sites for hydroxylation is 1. The summed E-state index contributed by atoms with van der Waals surface area (Å²) in [5.41, 5.74) is 3.12. The van der Waals surface area contributed by atoms with E-state index in [2.05, 4.69) is 12.0 Å². The van der Waals surface area contributed by atoms with Gasteiger partial charge in [-0.1, -0.05) is 0 Å². The lowest BCUT2D eigenvalue weighted by atomic mass is 10.0. The lowest BCUT2D eigenvalue weighted by molar-refractivity contribution is -0.885. The van der Waals surface area contributed by atoms with Crippen molar-refractivity contribution in [2.24, 2.45) is 0 Å². The van der Waals surface area contributed by atoms with E-state index < -0.39 is 0 Å². The van der Waals surface area contributed by atoms with Gasteiger partial charge in [0.05, 0.1) is 25.8 Å². The van der Waals surface area contributed by atoms with E-state index in [0.717, 1.165) is 42.9 Å². The third-order valence-corrected chi connectivity index (χ3v) is 6.08. The first kappa shape index (κ1) is 22.0. The molecule has 1 aliphatic rings. The second kappa shape index (κ2) is 9.49. The smallest absolute Gasteiger partial charge is 0.253 e. The van der Waals surface area contributed by atoms with Crippen LogP contribution in [0.5, 0.6) is 11.5 Å². The van der Waals surface area contributed by atoms with Crippen LogP contribution in [0, 0.1) is 12.7 Å². The Morgan fingerprint density at radius 1 is 1.03 bits per heavy atom. The number of carbonyl (C=O) groups excluding carboxylic acids is 1. The standard InChI is InChI=1S/C26H28FN3O2/c1-18-16-20(26(31)30(3)22-12-14-29(2)15-13-22)17-25(28-18)19-4-8-23(9-5-19)32-24-10-6-21(27)7-11-24/h4-11,16-17,22H,12-15H2,1-3H3/p+1. The molecule has 0 spiro atoms. The predicted molar refractivity (Wildman–Crippen MR) is 123 cm³/mol. The number of ether oxygens (including phenoxy) is 1. The number of piperidine rings is 1. The minimum atomic E-state index is -0.300. The molecule has 0 unspecified atom stereocenters. The highest BCUT2D eigenvalue weighted by atomic mass is 19.1. The van der Waals surface area contributed by atoms with Crippen LogP contribution in [0.2, 0.25) is 0 Å². The second-order valence-corrected chi connectivity index (χ2v) is 8.57. The Bertz CT molecular complexity index is 1080. The molecule has 2 heterocycles. The molecule has 1 N–H and O–H groups in total. The van der Waals surface area contributed by atoms with E-state index >= 15 is 0 Å². The van der Waals surface area contributed by atoms with Gasteiger partial charge in [0.25, 0.3) is 5.91 Å². The number of hydrogen-bond acceptors (Lipinski definition) is 3. The molecule has 0 aliphatic carbocycles. The maximum Gasteiger partial charge on any atom is 0.253 e. The fourth-order valence-electron chi connectivity index (χ4n) is 4.12. The van der Waals surface area contributed by atoms with Gasteiger partial charge < -0.3 is 14.5 Å². The molecule has 1 saturated heterocycles. The monoisotopic (exact) mass is 434 g/mol. The highest BCUT2D eigenvalue weighted by Crippen LogP contribution is 2.26. The molecule has 1 aliphatic heterocycles. The van der Waals surface area contributed by atoms with Crippen molar-refractivity contribution in [2.45, 2.75) is 25.8 Å². The molecular weight excluding hydrogens is 405 g/mol. The molecule has 0 atom stereocenters. The van der Waals surface area contributed by atoms with Crippen molar-refractivity contribution in [3.8, 4) is 22.8 Å². The van der Waals surface area contributed by atoms with Crippen molar-refractivity contribution in [1.82, 2.24) is 9.88 Å². The Labute approximate surface area is 188 Å². The van der Waals surface area contributed by atoms with Gasteiger partial charge in [-0.25, -0.2) is 4.39 Å². The summed E-state index contributed by atoms with van der Waals surface area (Å²) in [5.74, 6) is 0.955. The fraction of sp³-hybridized carbons (Fsp3) is 0.308. The van der Waals surface area contributed by atoms with Crippen molar-refractivity contribution in [3.05, 3.63) is 77.7 Å². The van der Waals surface area contributed by atoms with Gasteiger partial charge in [0.2, 0.25) is 0 Å². The largest absolute Gasteiger partial charge is 0.457 e. The third kappa shape index (κ3) is 5.14. The van der Waals surface area contributed by atoms with Gasteiger partial charge in [0.15, 0.2) is 0 Å². The predicted octanol–water partition coefficient (Wildman–Crippen LogP) is 3.74. The summed E-state index contributed by atoms with van der Waals surface area (Å²) in [6.45, 7) is 4.09. The molecule has 4 rings (SSSR count). The molecule has 5 nitrogen and oxygen atoms in total. The van der Waals surface area contributed by atoms with E-state index in [0.29, 0.717) is 17.1 Å². The molecular formula is C26H29FN3O2+. The summed E-state index contributed by atoms with van der Waals surface area (Å²) in [7, 11) is 4.11. The molecule has 32 heavy (non-hydrogen) atoms. The maximum atomic E-state index is 13.2. The molecule has 0 saturated carbocycles. The van der Waals surface area contributed by atoms with E-state index in [-0.39, 0.29) is 17.8 Å². The molecule has 0 bridgehead atoms. The first-order valence-corrected chi connectivity index (χ1v) is 11.0. The van der Waals surface area contributed by atoms with Crippen molar-refractivity contribution in [3.63, 3.8) is 0 Å². The minimum Gasteiger partial charge on any atom is -0.457 e. The van der Waals surface area contributed by atoms with Gasteiger partial charge in [0.1, 0.15) is 17.3 Å². The summed E-state index contributed by atoms with van der Waals surface area (Å²) in [6.07, 6.45) is 2.06. The lowest BCUT2D eigenvalue weighted by Gasteiger charge is -2.33. The van der Waals surface area contributed by atoms with Gasteiger partial charge in [-0.3, -0.25) is 9.78 Å². The van der Waals surface area contributed by atoms with E-state index in [9.17, 15) is 9.18 Å². The van der Waals surface area contributed by atoms with Crippen LogP contribution >= 0.6 is 0 Å². The number of nitrogens with one attached hydrogen (secondary N) is 1. The first-order valence-electron chi connectivity index (χ1n) is 11.0. The molecule has 0 radical (unpaired) electrons. The number of hydrogen-bond donors (Lipinski definition) is 1. The van der Waals surface area contributed by atoms with Crippen molar-refractivity contribution < 1.29 is 18.8 Å². The number of nitrogens with zero attached hydrogens (tertiary/aromatic N) is 2. The summed E-state index contributed by atoms with van der Waals surface area (Å²) in [4.78, 5) is 21.2. The number of benzene rings is 2. The summed E-state index contributed by atoms with van der Waals surface area (Å²) in [6, 6.07) is 17.4. The zero-order valence-corrected chi connectivity index (χ0v) is 18.8. The number of amides is 1. The van der Waals surface area contributed by atoms with E-state index in [1.807, 2.05) is 55.3 Å². The zero-order chi connectivity index (χ0) is 22.7. The fourth-order valence-corrected chi connectivity index (χ4v) is 4.12. The van der Waals surface area contributed by atoms with Gasteiger partial charge in [-0.15, -0.1) is 0 Å². The molecule has 2 aromatic carbocycles. The van der Waals surface area contributed by atoms with Crippen LogP contribution < -0.4 is 9.64 Å². The topological polar surface area (TPSA) is 46.9 Å². The van der Waals surface area contributed by atoms with Gasteiger partial charge in [-0.2, -0.15) is 0 Å². The zero-order valence-electron chi connectivity index (χ0n) is 18.8. The first-order chi connectivity index (χ1) is 15.4. The van der Waals surface area contributed by atoms with E-state index in [1.54, 1.807) is 12.1 Å². The number of aromatic nitrogens is 1. The Morgan fingerprint density at radius 3 is 2.25 bits per heavy atom. The SMILES string of the molecule is Cc1cc(C(=O)N(C)C2CC[NH+](C)CC2)cc(-c2ccc(Oc3ccc(F)cc3)cc2)n1. The quantitative estimate of drug-likeness (QED) is 0.666. The molecule has 3 aromatic rings. The summed E-state index contributed by atoms with van der Waals surface area (Å²) < 4.78 is 18.8. The number of quaternary nitrogens is 1. The van der Waals surface area contributed by atoms with Gasteiger partial charge in [0, 0.05) is 42.8 Å². The molecule has 1 amide bonds. The molecule has 6 heteroatoms. The van der Waals surface area contributed by atoms with Crippen LogP contribution in [0.25, 0.3) is 11.3 Å². The highest BCUT2D eigenvalue weighted by molar-refractivity contribution is 5.95. The van der Waals surface area contributed by atoms with E-state index in [1.165, 1.54) is 17.0 Å². The van der Waals surface area contributed by atoms with Crippen molar-refractivity contribution >= 4 is 5.91 Å². The minimum absolute atomic E-state index is 0.0394. The van der Waals surface area contributed by atoms with Crippen LogP contribution in [-0.4, -0.2) is 49.0 Å². The lowest BCUT2D eigenvalue weighted by Crippen LogP contribution is -3.10. The van der Waals surface area contributed by atoms with E-state index in [4.69, 9.17) is 4.74 Å². The average Bonchev–Trinajstić information content (AvgIpc) is 2.80. The van der Waals surface area contributed by atoms with Crippen LogP contribution in [-0.2, 0) is 0 Å². The van der Waals surface area contributed by atoms with Crippen LogP contribution in [0.1, 0.15) is 28.9 Å². The number of carbonyl (C=O) groups is 1. The van der Waals surface area contributed by atoms with Gasteiger partial charge >= 0.3 is 0 Å². The Balaban J connectivity index is 1.50. The second-order valence-electron chi connectivity index (χ2n) is 8.57. The Hall–Kier alpha value is -3.25. The normalized spacial score (nSPS) is 18.2. The number of likely N-dealkylation sites (tertiary alicyclic amines) is 1. The molecule has 1 aromatic heterocycles. The number of pyridine rings is 1. The Kier molecular flexibility index (Phi) is 6.51. The van der Waals surface area contributed by atoms with Crippen LogP contribution in [0.4, 0.5) is 4.39 Å². The average molecular weight is 435 g/mol.